The van der Waals surface area contributed by atoms with Crippen molar-refractivity contribution < 1.29 is 9.53 Å². The third-order valence-electron chi connectivity index (χ3n) is 5.75. The van der Waals surface area contributed by atoms with E-state index in [9.17, 15) is 4.79 Å². The van der Waals surface area contributed by atoms with Crippen molar-refractivity contribution in [2.24, 2.45) is 0 Å². The number of benzene rings is 1. The molecule has 5 nitrogen and oxygen atoms in total. The molecule has 1 aromatic heterocycles. The van der Waals surface area contributed by atoms with Gasteiger partial charge >= 0.3 is 0 Å². The summed E-state index contributed by atoms with van der Waals surface area (Å²) in [6, 6.07) is 12.7. The fourth-order valence-electron chi connectivity index (χ4n) is 4.22. The number of aromatic nitrogens is 1. The number of pyridine rings is 1. The Labute approximate surface area is 167 Å². The number of likely N-dealkylation sites (tertiary alicyclic amines) is 1. The lowest BCUT2D eigenvalue weighted by molar-refractivity contribution is -0.124. The molecule has 28 heavy (non-hydrogen) atoms. The fraction of sp³-hybridized carbons (Fsp3) is 0.478. The number of carbonyl (C=O) groups excluding carboxylic acids is 1. The number of amides is 1. The van der Waals surface area contributed by atoms with Crippen LogP contribution in [-0.4, -0.2) is 41.5 Å². The minimum atomic E-state index is -0.0251. The van der Waals surface area contributed by atoms with Crippen molar-refractivity contribution >= 4 is 5.91 Å². The van der Waals surface area contributed by atoms with Gasteiger partial charge in [0.05, 0.1) is 0 Å². The van der Waals surface area contributed by atoms with Crippen LogP contribution in [0.1, 0.15) is 42.5 Å². The van der Waals surface area contributed by atoms with Gasteiger partial charge in [0, 0.05) is 43.1 Å². The molecule has 1 aromatic carbocycles. The first-order chi connectivity index (χ1) is 13.8. The minimum Gasteiger partial charge on any atom is -0.483 e. The molecule has 1 saturated heterocycles. The highest BCUT2D eigenvalue weighted by Crippen LogP contribution is 2.27. The van der Waals surface area contributed by atoms with E-state index >= 15 is 0 Å². The first-order valence-corrected chi connectivity index (χ1v) is 10.4. The van der Waals surface area contributed by atoms with E-state index in [0.29, 0.717) is 0 Å². The molecule has 2 aromatic rings. The molecule has 0 atom stereocenters. The van der Waals surface area contributed by atoms with E-state index in [2.05, 4.69) is 45.5 Å². The summed E-state index contributed by atoms with van der Waals surface area (Å²) in [5.74, 6) is 0.806. The predicted octanol–water partition coefficient (Wildman–Crippen LogP) is 3.12. The Morgan fingerprint density at radius 2 is 1.89 bits per heavy atom. The van der Waals surface area contributed by atoms with Gasteiger partial charge in [-0.05, 0) is 50.2 Å². The van der Waals surface area contributed by atoms with E-state index in [1.54, 1.807) is 6.20 Å². The lowest BCUT2D eigenvalue weighted by Gasteiger charge is -2.32. The Kier molecular flexibility index (Phi) is 6.22. The standard InChI is InChI=1S/C23H29N3O2/c27-23(17-28-22-10-13-24-21-9-5-4-8-20(21)22)25-19-11-14-26(15-12-19)16-18-6-2-1-3-7-18/h1-3,6-7,10,13,19H,4-5,8-9,11-12,14-17H2,(H,25,27). The summed E-state index contributed by atoms with van der Waals surface area (Å²) in [5.41, 5.74) is 3.67. The minimum absolute atomic E-state index is 0.0251. The summed E-state index contributed by atoms with van der Waals surface area (Å²) in [6.07, 6.45) is 8.14. The Hall–Kier alpha value is -2.40. The number of carbonyl (C=O) groups is 1. The summed E-state index contributed by atoms with van der Waals surface area (Å²) < 4.78 is 5.85. The molecule has 0 bridgehead atoms. The second-order valence-electron chi connectivity index (χ2n) is 7.83. The number of ether oxygens (including phenoxy) is 1. The van der Waals surface area contributed by atoms with Gasteiger partial charge < -0.3 is 10.1 Å². The molecule has 1 aliphatic carbocycles. The van der Waals surface area contributed by atoms with Crippen LogP contribution in [0, 0.1) is 0 Å². The Balaban J connectivity index is 1.21. The van der Waals surface area contributed by atoms with Gasteiger partial charge in [0.1, 0.15) is 5.75 Å². The average Bonchev–Trinajstić information content (AvgIpc) is 2.74. The fourth-order valence-corrected chi connectivity index (χ4v) is 4.22. The van der Waals surface area contributed by atoms with E-state index in [0.717, 1.165) is 56.8 Å². The van der Waals surface area contributed by atoms with Crippen molar-refractivity contribution in [1.82, 2.24) is 15.2 Å². The number of hydrogen-bond donors (Lipinski definition) is 1. The Bertz CT molecular complexity index is 786. The molecule has 1 aliphatic heterocycles. The molecule has 0 spiro atoms. The van der Waals surface area contributed by atoms with Crippen LogP contribution in [0.15, 0.2) is 42.6 Å². The van der Waals surface area contributed by atoms with Crippen molar-refractivity contribution in [3.8, 4) is 5.75 Å². The highest BCUT2D eigenvalue weighted by atomic mass is 16.5. The van der Waals surface area contributed by atoms with Crippen molar-refractivity contribution in [3.63, 3.8) is 0 Å². The van der Waals surface area contributed by atoms with Crippen molar-refractivity contribution in [2.45, 2.75) is 51.1 Å². The molecule has 1 amide bonds. The molecule has 5 heteroatoms. The maximum Gasteiger partial charge on any atom is 0.258 e. The van der Waals surface area contributed by atoms with Gasteiger partial charge in [-0.15, -0.1) is 0 Å². The van der Waals surface area contributed by atoms with E-state index in [1.807, 2.05) is 6.07 Å². The number of nitrogens with one attached hydrogen (secondary N) is 1. The van der Waals surface area contributed by atoms with Crippen molar-refractivity contribution in [3.05, 3.63) is 59.4 Å². The summed E-state index contributed by atoms with van der Waals surface area (Å²) >= 11 is 0. The zero-order valence-corrected chi connectivity index (χ0v) is 16.4. The van der Waals surface area contributed by atoms with E-state index < -0.39 is 0 Å². The zero-order valence-electron chi connectivity index (χ0n) is 16.4. The van der Waals surface area contributed by atoms with Gasteiger partial charge in [0.15, 0.2) is 6.61 Å². The lowest BCUT2D eigenvalue weighted by atomic mass is 9.95. The second kappa shape index (κ2) is 9.20. The smallest absolute Gasteiger partial charge is 0.258 e. The molecule has 1 fully saturated rings. The van der Waals surface area contributed by atoms with Crippen LogP contribution in [0.5, 0.6) is 5.75 Å². The summed E-state index contributed by atoms with van der Waals surface area (Å²) in [5, 5.41) is 3.15. The summed E-state index contributed by atoms with van der Waals surface area (Å²) in [4.78, 5) is 19.3. The highest BCUT2D eigenvalue weighted by molar-refractivity contribution is 5.77. The number of rotatable bonds is 6. The van der Waals surface area contributed by atoms with Gasteiger partial charge in [0.2, 0.25) is 0 Å². The third kappa shape index (κ3) is 4.90. The average molecular weight is 380 g/mol. The SMILES string of the molecule is O=C(COc1ccnc2c1CCCC2)NC1CCN(Cc2ccccc2)CC1. The Morgan fingerprint density at radius 3 is 2.71 bits per heavy atom. The number of piperidine rings is 1. The topological polar surface area (TPSA) is 54.5 Å². The van der Waals surface area contributed by atoms with Crippen LogP contribution in [0.2, 0.25) is 0 Å². The van der Waals surface area contributed by atoms with Crippen LogP contribution >= 0.6 is 0 Å². The second-order valence-corrected chi connectivity index (χ2v) is 7.83. The molecule has 2 heterocycles. The van der Waals surface area contributed by atoms with Crippen LogP contribution in [-0.2, 0) is 24.2 Å². The first-order valence-electron chi connectivity index (χ1n) is 10.4. The van der Waals surface area contributed by atoms with Crippen molar-refractivity contribution in [1.29, 1.82) is 0 Å². The van der Waals surface area contributed by atoms with Crippen LogP contribution in [0.4, 0.5) is 0 Å². The van der Waals surface area contributed by atoms with E-state index in [-0.39, 0.29) is 18.6 Å². The molecule has 0 radical (unpaired) electrons. The summed E-state index contributed by atoms with van der Waals surface area (Å²) in [7, 11) is 0. The molecule has 1 N–H and O–H groups in total. The molecule has 2 aliphatic rings. The third-order valence-corrected chi connectivity index (χ3v) is 5.75. The Morgan fingerprint density at radius 1 is 1.11 bits per heavy atom. The molecular weight excluding hydrogens is 350 g/mol. The van der Waals surface area contributed by atoms with Gasteiger partial charge in [0.25, 0.3) is 5.91 Å². The highest BCUT2D eigenvalue weighted by Gasteiger charge is 2.21. The first kappa shape index (κ1) is 18.9. The van der Waals surface area contributed by atoms with Gasteiger partial charge in [-0.3, -0.25) is 14.7 Å². The van der Waals surface area contributed by atoms with Crippen LogP contribution < -0.4 is 10.1 Å². The lowest BCUT2D eigenvalue weighted by Crippen LogP contribution is -2.45. The largest absolute Gasteiger partial charge is 0.483 e. The normalized spacial score (nSPS) is 17.7. The predicted molar refractivity (Wildman–Crippen MR) is 109 cm³/mol. The quantitative estimate of drug-likeness (QED) is 0.838. The van der Waals surface area contributed by atoms with Gasteiger partial charge in [-0.1, -0.05) is 30.3 Å². The number of nitrogens with zero attached hydrogens (tertiary/aromatic N) is 2. The van der Waals surface area contributed by atoms with E-state index in [1.165, 1.54) is 24.0 Å². The van der Waals surface area contributed by atoms with Gasteiger partial charge in [-0.25, -0.2) is 0 Å². The van der Waals surface area contributed by atoms with Gasteiger partial charge in [-0.2, -0.15) is 0 Å². The van der Waals surface area contributed by atoms with Crippen molar-refractivity contribution in [2.75, 3.05) is 19.7 Å². The van der Waals surface area contributed by atoms with E-state index in [4.69, 9.17) is 4.74 Å². The molecular formula is C23H29N3O2. The number of aryl methyl sites for hydroxylation is 1. The molecule has 0 saturated carbocycles. The zero-order chi connectivity index (χ0) is 19.2. The maximum absolute atomic E-state index is 12.4. The molecule has 4 rings (SSSR count). The van der Waals surface area contributed by atoms with Crippen LogP contribution in [0.25, 0.3) is 0 Å². The van der Waals surface area contributed by atoms with Crippen LogP contribution in [0.3, 0.4) is 0 Å². The molecule has 0 unspecified atom stereocenters. The number of hydrogen-bond acceptors (Lipinski definition) is 4. The summed E-state index contributed by atoms with van der Waals surface area (Å²) in [6.45, 7) is 3.09. The maximum atomic E-state index is 12.4. The molecule has 148 valence electrons. The monoisotopic (exact) mass is 379 g/mol. The number of fused-ring (bicyclic) bond motifs is 1.